The lowest BCUT2D eigenvalue weighted by molar-refractivity contribution is -0.136. The Morgan fingerprint density at radius 1 is 1.10 bits per heavy atom. The molecule has 0 aliphatic carbocycles. The van der Waals surface area contributed by atoms with Gasteiger partial charge in [-0.3, -0.25) is 9.69 Å². The summed E-state index contributed by atoms with van der Waals surface area (Å²) in [4.78, 5) is 18.2. The molecule has 0 aromatic heterocycles. The molecule has 2 aliphatic heterocycles. The Labute approximate surface area is 257 Å². The van der Waals surface area contributed by atoms with Gasteiger partial charge in [-0.15, -0.1) is 0 Å². The Morgan fingerprint density at radius 3 is 2.37 bits per heavy atom. The van der Waals surface area contributed by atoms with Crippen molar-refractivity contribution in [3.63, 3.8) is 0 Å². The highest BCUT2D eigenvalue weighted by Crippen LogP contribution is 2.41. The molecule has 2 aromatic carbocycles. The number of hydrogen-bond donors (Lipinski definition) is 3. The molecule has 1 unspecified atom stereocenters. The first-order valence-corrected chi connectivity index (χ1v) is 15.9. The van der Waals surface area contributed by atoms with Crippen molar-refractivity contribution in [3.8, 4) is 0 Å². The van der Waals surface area contributed by atoms with Gasteiger partial charge in [0, 0.05) is 56.3 Å². The van der Waals surface area contributed by atoms with Gasteiger partial charge in [-0.1, -0.05) is 40.8 Å². The van der Waals surface area contributed by atoms with Crippen molar-refractivity contribution in [3.05, 3.63) is 69.8 Å². The highest BCUT2D eigenvalue weighted by molar-refractivity contribution is 14.1. The van der Waals surface area contributed by atoms with E-state index in [-0.39, 0.29) is 40.0 Å². The topological polar surface area (TPSA) is 81.8 Å². The number of nitrogens with zero attached hydrogens (tertiary/aromatic N) is 2. The summed E-state index contributed by atoms with van der Waals surface area (Å²) in [5.74, 6) is -1.49. The smallest absolute Gasteiger partial charge is 0.227 e. The first kappa shape index (κ1) is 32.3. The lowest BCUT2D eigenvalue weighted by Gasteiger charge is -2.36. The Morgan fingerprint density at radius 2 is 1.76 bits per heavy atom. The van der Waals surface area contributed by atoms with Crippen LogP contribution < -0.4 is 11.1 Å². The Balaban J connectivity index is 1.51. The number of piperidine rings is 1. The van der Waals surface area contributed by atoms with Gasteiger partial charge in [-0.25, -0.2) is 8.78 Å². The van der Waals surface area contributed by atoms with E-state index in [1.165, 1.54) is 34.4 Å². The number of carbonyl (C=O) groups excluding carboxylic acids is 1. The van der Waals surface area contributed by atoms with Gasteiger partial charge in [0.25, 0.3) is 0 Å². The van der Waals surface area contributed by atoms with E-state index in [1.54, 1.807) is 0 Å². The first-order chi connectivity index (χ1) is 19.3. The molecule has 41 heavy (non-hydrogen) atoms. The van der Waals surface area contributed by atoms with E-state index >= 15 is 0 Å². The zero-order valence-corrected chi connectivity index (χ0v) is 27.0. The van der Waals surface area contributed by atoms with Crippen LogP contribution in [0.15, 0.2) is 30.3 Å². The number of aliphatic hydroxyl groups is 1. The molecular weight excluding hydrogens is 637 g/mol. The number of carbonyl (C=O) groups is 1. The molecule has 0 saturated carbocycles. The van der Waals surface area contributed by atoms with Crippen molar-refractivity contribution >= 4 is 28.5 Å². The molecule has 2 saturated heterocycles. The van der Waals surface area contributed by atoms with Gasteiger partial charge < -0.3 is 21.1 Å². The fourth-order valence-corrected chi connectivity index (χ4v) is 7.02. The molecule has 2 aliphatic rings. The number of hydrogen-bond acceptors (Lipinski definition) is 5. The van der Waals surface area contributed by atoms with Crippen molar-refractivity contribution in [2.45, 2.75) is 74.9 Å². The zero-order chi connectivity index (χ0) is 30.1. The zero-order valence-electron chi connectivity index (χ0n) is 24.9. The number of aryl methyl sites for hydroxylation is 2. The fourth-order valence-electron chi connectivity index (χ4n) is 6.23. The highest BCUT2D eigenvalue weighted by atomic mass is 127. The van der Waals surface area contributed by atoms with Gasteiger partial charge in [0.2, 0.25) is 5.91 Å². The molecular formula is C32H45F2IN4O2. The van der Waals surface area contributed by atoms with Crippen molar-refractivity contribution < 1.29 is 18.7 Å². The second kappa shape index (κ2) is 13.3. The minimum atomic E-state index is -0.604. The highest BCUT2D eigenvalue weighted by Gasteiger charge is 2.44. The number of nitrogens with one attached hydrogen (secondary N) is 1. The van der Waals surface area contributed by atoms with Gasteiger partial charge >= 0.3 is 0 Å². The number of nitrogens with two attached hydrogens (primary N) is 1. The van der Waals surface area contributed by atoms with Crippen molar-refractivity contribution in [2.24, 2.45) is 11.7 Å². The van der Waals surface area contributed by atoms with E-state index in [0.29, 0.717) is 44.2 Å². The number of benzene rings is 2. The summed E-state index contributed by atoms with van der Waals surface area (Å²) in [5.41, 5.74) is 11.2. The van der Waals surface area contributed by atoms with Crippen molar-refractivity contribution in [1.82, 2.24) is 15.1 Å². The maximum absolute atomic E-state index is 14.9. The van der Waals surface area contributed by atoms with Crippen LogP contribution in [-0.2, 0) is 4.79 Å². The second-order valence-electron chi connectivity index (χ2n) is 12.8. The van der Waals surface area contributed by atoms with E-state index in [1.807, 2.05) is 4.90 Å². The predicted octanol–water partition coefficient (Wildman–Crippen LogP) is 5.14. The van der Waals surface area contributed by atoms with Gasteiger partial charge in [-0.2, -0.15) is 0 Å². The lowest BCUT2D eigenvalue weighted by atomic mass is 9.83. The number of alkyl halides is 1. The Kier molecular flexibility index (Phi) is 10.5. The summed E-state index contributed by atoms with van der Waals surface area (Å²) in [7, 11) is 0. The molecule has 4 atom stereocenters. The van der Waals surface area contributed by atoms with E-state index < -0.39 is 11.6 Å². The number of amides is 1. The average Bonchev–Trinajstić information content (AvgIpc) is 3.38. The SMILES string of the molecule is Cc1cc(C2CCN(C(=O)[C@@H]3CN(C(C)(C)C)C[C@H]3c3ccc(F)cc3F)CC2)c([C@H](I)NCC(N)CO)cc1C. The van der Waals surface area contributed by atoms with Gasteiger partial charge in [0.05, 0.1) is 16.6 Å². The molecule has 6 nitrogen and oxygen atoms in total. The molecule has 0 bridgehead atoms. The monoisotopic (exact) mass is 682 g/mol. The quantitative estimate of drug-likeness (QED) is 0.204. The summed E-state index contributed by atoms with van der Waals surface area (Å²) in [6, 6.07) is 7.95. The lowest BCUT2D eigenvalue weighted by Crippen LogP contribution is -2.44. The van der Waals surface area contributed by atoms with Gasteiger partial charge in [0.1, 0.15) is 11.6 Å². The number of likely N-dealkylation sites (tertiary alicyclic amines) is 2. The summed E-state index contributed by atoms with van der Waals surface area (Å²) in [5, 5.41) is 12.8. The minimum Gasteiger partial charge on any atom is -0.395 e. The molecule has 4 rings (SSSR count). The van der Waals surface area contributed by atoms with Gasteiger partial charge in [-0.05, 0) is 87.3 Å². The molecule has 1 amide bonds. The molecule has 0 radical (unpaired) electrons. The third-order valence-electron chi connectivity index (χ3n) is 8.96. The Hall–Kier alpha value is -1.66. The predicted molar refractivity (Wildman–Crippen MR) is 168 cm³/mol. The molecule has 4 N–H and O–H groups in total. The maximum atomic E-state index is 14.9. The summed E-state index contributed by atoms with van der Waals surface area (Å²) in [6.45, 7) is 13.5. The molecule has 0 spiro atoms. The summed E-state index contributed by atoms with van der Waals surface area (Å²) in [6.07, 6.45) is 1.71. The standard InChI is InChI=1S/C32H45F2IN4O2/c1-19-12-25(26(13-20(19)2)30(35)37-15-23(36)18-40)21-8-10-38(11-9-21)31(41)28-17-39(32(3,4)5)16-27(28)24-7-6-22(33)14-29(24)34/h6-7,12-14,21,23,27-28,30,37,40H,8-11,15-18,36H2,1-5H3/t23?,27-,28+,30+/m0/s1. The third-order valence-corrected chi connectivity index (χ3v) is 10.1. The number of aliphatic hydroxyl groups excluding tert-OH is 1. The van der Waals surface area contributed by atoms with Crippen LogP contribution in [-0.4, -0.2) is 71.7 Å². The van der Waals surface area contributed by atoms with E-state index in [9.17, 15) is 18.7 Å². The van der Waals surface area contributed by atoms with E-state index in [4.69, 9.17) is 5.73 Å². The van der Waals surface area contributed by atoms with Crippen LogP contribution in [0.5, 0.6) is 0 Å². The van der Waals surface area contributed by atoms with Crippen molar-refractivity contribution in [1.29, 1.82) is 0 Å². The molecule has 2 fully saturated rings. The maximum Gasteiger partial charge on any atom is 0.227 e. The normalized spacial score (nSPS) is 22.2. The van der Waals surface area contributed by atoms with Crippen LogP contribution in [0.2, 0.25) is 0 Å². The summed E-state index contributed by atoms with van der Waals surface area (Å²) >= 11 is 2.40. The van der Waals surface area contributed by atoms with Crippen LogP contribution in [0.1, 0.15) is 77.3 Å². The Bertz CT molecular complexity index is 1230. The van der Waals surface area contributed by atoms with E-state index in [2.05, 4.69) is 79.6 Å². The van der Waals surface area contributed by atoms with Crippen LogP contribution in [0.3, 0.4) is 0 Å². The number of rotatable bonds is 8. The average molecular weight is 683 g/mol. The largest absolute Gasteiger partial charge is 0.395 e. The van der Waals surface area contributed by atoms with Gasteiger partial charge in [0.15, 0.2) is 0 Å². The van der Waals surface area contributed by atoms with Crippen LogP contribution in [0, 0.1) is 31.4 Å². The fraction of sp³-hybridized carbons (Fsp3) is 0.594. The van der Waals surface area contributed by atoms with Crippen LogP contribution in [0.25, 0.3) is 0 Å². The molecule has 226 valence electrons. The number of halogens is 3. The van der Waals surface area contributed by atoms with Crippen molar-refractivity contribution in [2.75, 3.05) is 39.3 Å². The molecule has 2 aromatic rings. The second-order valence-corrected chi connectivity index (χ2v) is 14.1. The van der Waals surface area contributed by atoms with Crippen LogP contribution in [0.4, 0.5) is 8.78 Å². The van der Waals surface area contributed by atoms with Crippen LogP contribution >= 0.6 is 22.6 Å². The summed E-state index contributed by atoms with van der Waals surface area (Å²) < 4.78 is 28.7. The molecule has 9 heteroatoms. The third kappa shape index (κ3) is 7.47. The van der Waals surface area contributed by atoms with E-state index in [0.717, 1.165) is 18.9 Å². The molecule has 2 heterocycles. The minimum absolute atomic E-state index is 0.0485. The first-order valence-electron chi connectivity index (χ1n) is 14.6.